The summed E-state index contributed by atoms with van der Waals surface area (Å²) in [4.78, 5) is 23.2. The number of unbranched alkanes of at least 4 members (excludes halogenated alkanes) is 8. The van der Waals surface area contributed by atoms with Crippen LogP contribution >= 0.6 is 0 Å². The van der Waals surface area contributed by atoms with E-state index in [1.54, 1.807) is 0 Å². The van der Waals surface area contributed by atoms with Crippen LogP contribution in [0.5, 0.6) is 0 Å². The van der Waals surface area contributed by atoms with Crippen molar-refractivity contribution in [2.45, 2.75) is 155 Å². The van der Waals surface area contributed by atoms with Crippen molar-refractivity contribution in [3.63, 3.8) is 0 Å². The van der Waals surface area contributed by atoms with E-state index in [0.29, 0.717) is 19.3 Å². The van der Waals surface area contributed by atoms with E-state index in [0.717, 1.165) is 70.6 Å². The highest BCUT2D eigenvalue weighted by Crippen LogP contribution is 2.17. The van der Waals surface area contributed by atoms with Gasteiger partial charge in [0.25, 0.3) is 0 Å². The molecule has 0 spiro atoms. The van der Waals surface area contributed by atoms with Gasteiger partial charge in [-0.3, -0.25) is 9.59 Å². The summed E-state index contributed by atoms with van der Waals surface area (Å²) in [5.74, 6) is -0.858. The van der Waals surface area contributed by atoms with Gasteiger partial charge in [0, 0.05) is 12.8 Å². The molecule has 4 nitrogen and oxygen atoms in total. The largest absolute Gasteiger partial charge is 0.481 e. The predicted molar refractivity (Wildman–Crippen MR) is 181 cm³/mol. The first-order chi connectivity index (χ1) is 20.6. The second-order valence-electron chi connectivity index (χ2n) is 11.0. The molecular weight excluding hydrogens is 520 g/mol. The Morgan fingerprint density at radius 2 is 0.976 bits per heavy atom. The Labute approximate surface area is 258 Å². The first kappa shape index (κ1) is 39.4. The summed E-state index contributed by atoms with van der Waals surface area (Å²) in [6.07, 6.45) is 46.3. The van der Waals surface area contributed by atoms with Crippen LogP contribution in [0.15, 0.2) is 72.9 Å². The molecule has 0 aliphatic rings. The van der Waals surface area contributed by atoms with E-state index in [4.69, 9.17) is 9.84 Å². The van der Waals surface area contributed by atoms with Crippen LogP contribution in [-0.4, -0.2) is 23.1 Å². The molecule has 0 saturated carbocycles. The van der Waals surface area contributed by atoms with Gasteiger partial charge in [-0.25, -0.2) is 0 Å². The van der Waals surface area contributed by atoms with Crippen LogP contribution in [-0.2, 0) is 14.3 Å². The fraction of sp³-hybridized carbons (Fsp3) is 0.632. The lowest BCUT2D eigenvalue weighted by Gasteiger charge is -2.18. The van der Waals surface area contributed by atoms with Crippen molar-refractivity contribution in [2.75, 3.05) is 0 Å². The van der Waals surface area contributed by atoms with Crippen molar-refractivity contribution in [1.82, 2.24) is 0 Å². The van der Waals surface area contributed by atoms with Crippen LogP contribution in [0, 0.1) is 0 Å². The summed E-state index contributed by atoms with van der Waals surface area (Å²) >= 11 is 0. The number of hydrogen-bond donors (Lipinski definition) is 1. The van der Waals surface area contributed by atoms with Gasteiger partial charge in [-0.2, -0.15) is 0 Å². The van der Waals surface area contributed by atoms with Gasteiger partial charge < -0.3 is 9.84 Å². The predicted octanol–water partition coefficient (Wildman–Crippen LogP) is 11.6. The Balaban J connectivity index is 4.09. The number of rotatable bonds is 29. The molecule has 0 rings (SSSR count). The van der Waals surface area contributed by atoms with E-state index in [9.17, 15) is 9.59 Å². The molecule has 1 N–H and O–H groups in total. The molecule has 0 aromatic rings. The van der Waals surface area contributed by atoms with Gasteiger partial charge in [0.15, 0.2) is 0 Å². The topological polar surface area (TPSA) is 63.6 Å². The minimum Gasteiger partial charge on any atom is -0.481 e. The van der Waals surface area contributed by atoms with Gasteiger partial charge in [0.05, 0.1) is 0 Å². The van der Waals surface area contributed by atoms with E-state index in [1.165, 1.54) is 38.5 Å². The van der Waals surface area contributed by atoms with Crippen molar-refractivity contribution in [3.05, 3.63) is 72.9 Å². The van der Waals surface area contributed by atoms with E-state index >= 15 is 0 Å². The van der Waals surface area contributed by atoms with Gasteiger partial charge in [0.2, 0.25) is 0 Å². The van der Waals surface area contributed by atoms with Gasteiger partial charge in [0.1, 0.15) is 6.10 Å². The number of aliphatic carboxylic acids is 1. The lowest BCUT2D eigenvalue weighted by atomic mass is 10.0. The molecule has 4 heteroatoms. The standard InChI is InChI=1S/C38H62O4/c1-3-5-7-9-11-12-13-14-15-16-17-18-19-20-21-22-24-26-31-35-38(41)42-36(33-29-27-30-34-37(39)40)32-28-25-23-10-8-6-4-2/h5,7,11-12,14-15,17-18,20-21,24,26,36H,3-4,6,8-10,13,16,19,22-23,25,27-35H2,1-2H3,(H,39,40)/b7-5-,12-11-,15-14-,18-17-,21-20-,26-24-. The monoisotopic (exact) mass is 582 g/mol. The number of esters is 1. The van der Waals surface area contributed by atoms with Crippen molar-refractivity contribution in [1.29, 1.82) is 0 Å². The number of ether oxygens (including phenoxy) is 1. The summed E-state index contributed by atoms with van der Waals surface area (Å²) in [5.41, 5.74) is 0. The molecule has 42 heavy (non-hydrogen) atoms. The van der Waals surface area contributed by atoms with E-state index in [1.807, 2.05) is 0 Å². The molecular formula is C38H62O4. The number of allylic oxidation sites excluding steroid dienone is 12. The third kappa shape index (κ3) is 31.9. The molecule has 0 radical (unpaired) electrons. The zero-order valence-electron chi connectivity index (χ0n) is 27.0. The summed E-state index contributed by atoms with van der Waals surface area (Å²) < 4.78 is 5.84. The molecule has 0 saturated heterocycles. The normalized spacial score (nSPS) is 13.2. The average Bonchev–Trinajstić information content (AvgIpc) is 2.97. The first-order valence-corrected chi connectivity index (χ1v) is 16.9. The molecule has 1 unspecified atom stereocenters. The van der Waals surface area contributed by atoms with Crippen molar-refractivity contribution >= 4 is 11.9 Å². The Kier molecular flexibility index (Phi) is 30.8. The lowest BCUT2D eigenvalue weighted by molar-refractivity contribution is -0.149. The number of carbonyl (C=O) groups is 2. The maximum atomic E-state index is 12.5. The average molecular weight is 583 g/mol. The maximum Gasteiger partial charge on any atom is 0.306 e. The van der Waals surface area contributed by atoms with Gasteiger partial charge in [-0.1, -0.05) is 132 Å². The Bertz CT molecular complexity index is 800. The number of carbonyl (C=O) groups excluding carboxylic acids is 1. The van der Waals surface area contributed by atoms with Gasteiger partial charge >= 0.3 is 11.9 Å². The third-order valence-electron chi connectivity index (χ3n) is 6.96. The molecule has 0 heterocycles. The van der Waals surface area contributed by atoms with Crippen LogP contribution in [0.2, 0.25) is 0 Å². The van der Waals surface area contributed by atoms with Crippen LogP contribution in [0.4, 0.5) is 0 Å². The summed E-state index contributed by atoms with van der Waals surface area (Å²) in [7, 11) is 0. The smallest absolute Gasteiger partial charge is 0.306 e. The third-order valence-corrected chi connectivity index (χ3v) is 6.96. The van der Waals surface area contributed by atoms with Gasteiger partial charge in [-0.15, -0.1) is 0 Å². The molecule has 238 valence electrons. The SMILES string of the molecule is CC/C=C\C/C=C\C/C=C\C/C=C\C/C=C\C/C=C\CCC(=O)OC(CCCCCCCCC)CCCCCC(=O)O. The summed E-state index contributed by atoms with van der Waals surface area (Å²) in [6.45, 7) is 4.39. The molecule has 0 aromatic heterocycles. The van der Waals surface area contributed by atoms with E-state index in [-0.39, 0.29) is 18.5 Å². The highest BCUT2D eigenvalue weighted by atomic mass is 16.5. The maximum absolute atomic E-state index is 12.5. The number of carboxylic acid groups (broad SMARTS) is 1. The zero-order valence-corrected chi connectivity index (χ0v) is 27.0. The van der Waals surface area contributed by atoms with Crippen molar-refractivity contribution in [2.24, 2.45) is 0 Å². The van der Waals surface area contributed by atoms with Crippen molar-refractivity contribution in [3.8, 4) is 0 Å². The second kappa shape index (κ2) is 32.9. The van der Waals surface area contributed by atoms with E-state index < -0.39 is 5.97 Å². The molecule has 0 amide bonds. The molecule has 0 aliphatic heterocycles. The van der Waals surface area contributed by atoms with E-state index in [2.05, 4.69) is 86.8 Å². The number of hydrogen-bond acceptors (Lipinski definition) is 3. The van der Waals surface area contributed by atoms with Crippen molar-refractivity contribution < 1.29 is 19.4 Å². The van der Waals surface area contributed by atoms with Crippen LogP contribution in [0.3, 0.4) is 0 Å². The van der Waals surface area contributed by atoms with Crippen LogP contribution in [0.25, 0.3) is 0 Å². The molecule has 0 aliphatic carbocycles. The first-order valence-electron chi connectivity index (χ1n) is 16.9. The molecule has 1 atom stereocenters. The minimum atomic E-state index is -0.740. The Morgan fingerprint density at radius 1 is 0.548 bits per heavy atom. The lowest BCUT2D eigenvalue weighted by Crippen LogP contribution is -2.18. The Hall–Kier alpha value is -2.62. The Morgan fingerprint density at radius 3 is 1.45 bits per heavy atom. The quantitative estimate of drug-likeness (QED) is 0.0541. The van der Waals surface area contributed by atoms with Gasteiger partial charge in [-0.05, 0) is 77.0 Å². The molecule has 0 bridgehead atoms. The fourth-order valence-corrected chi connectivity index (χ4v) is 4.50. The van der Waals surface area contributed by atoms with Crippen LogP contribution in [0.1, 0.15) is 149 Å². The fourth-order valence-electron chi connectivity index (χ4n) is 4.50. The summed E-state index contributed by atoms with van der Waals surface area (Å²) in [5, 5.41) is 8.83. The second-order valence-corrected chi connectivity index (χ2v) is 11.0. The molecule has 0 aromatic carbocycles. The summed E-state index contributed by atoms with van der Waals surface area (Å²) in [6, 6.07) is 0. The minimum absolute atomic E-state index is 0.0387. The highest BCUT2D eigenvalue weighted by Gasteiger charge is 2.14. The van der Waals surface area contributed by atoms with Crippen LogP contribution < -0.4 is 0 Å². The highest BCUT2D eigenvalue weighted by molar-refractivity contribution is 5.69. The zero-order chi connectivity index (χ0) is 30.8. The number of carboxylic acids is 1. The molecule has 0 fully saturated rings.